The second-order valence-electron chi connectivity index (χ2n) is 9.42. The Morgan fingerprint density at radius 1 is 1.19 bits per heavy atom. The number of phenols is 1. The van der Waals surface area contributed by atoms with E-state index in [1.807, 2.05) is 0 Å². The molecule has 1 aromatic rings. The van der Waals surface area contributed by atoms with E-state index < -0.39 is 24.2 Å². The van der Waals surface area contributed by atoms with Crippen molar-refractivity contribution in [1.82, 2.24) is 4.90 Å². The molecular weight excluding hydrogens is 416 g/mol. The third-order valence-corrected chi connectivity index (χ3v) is 5.95. The number of fused-ring (bicyclic) bond motifs is 2. The van der Waals surface area contributed by atoms with Crippen LogP contribution in [0, 0.1) is 0 Å². The van der Waals surface area contributed by atoms with Crippen LogP contribution in [0.4, 0.5) is 10.5 Å². The summed E-state index contributed by atoms with van der Waals surface area (Å²) in [5.74, 6) is -0.251. The first-order valence-corrected chi connectivity index (χ1v) is 11.2. The van der Waals surface area contributed by atoms with E-state index in [9.17, 15) is 14.7 Å². The van der Waals surface area contributed by atoms with E-state index in [0.717, 1.165) is 19.3 Å². The number of nitrogens with zero attached hydrogens (tertiary/aromatic N) is 2. The largest absolute Gasteiger partial charge is 0.504 e. The van der Waals surface area contributed by atoms with Crippen molar-refractivity contribution in [2.75, 3.05) is 25.2 Å². The van der Waals surface area contributed by atoms with E-state index in [2.05, 4.69) is 0 Å². The molecule has 9 nitrogen and oxygen atoms in total. The highest BCUT2D eigenvalue weighted by Crippen LogP contribution is 2.42. The van der Waals surface area contributed by atoms with Gasteiger partial charge in [0.25, 0.3) is 5.91 Å². The fourth-order valence-electron chi connectivity index (χ4n) is 4.54. The zero-order chi connectivity index (χ0) is 23.0. The van der Waals surface area contributed by atoms with Crippen LogP contribution >= 0.6 is 0 Å². The van der Waals surface area contributed by atoms with Crippen molar-refractivity contribution in [3.8, 4) is 11.5 Å². The Hall–Kier alpha value is -2.52. The molecule has 2 fully saturated rings. The maximum absolute atomic E-state index is 13.5. The van der Waals surface area contributed by atoms with Crippen LogP contribution in [0.5, 0.6) is 11.5 Å². The molecule has 2 amide bonds. The second-order valence-corrected chi connectivity index (χ2v) is 9.42. The summed E-state index contributed by atoms with van der Waals surface area (Å²) < 4.78 is 23.1. The van der Waals surface area contributed by atoms with Crippen LogP contribution in [0.15, 0.2) is 12.1 Å². The topological polar surface area (TPSA) is 97.8 Å². The summed E-state index contributed by atoms with van der Waals surface area (Å²) in [6, 6.07) is 2.48. The van der Waals surface area contributed by atoms with Gasteiger partial charge in [0.15, 0.2) is 24.0 Å². The molecule has 3 aliphatic heterocycles. The molecule has 3 atom stereocenters. The lowest BCUT2D eigenvalue weighted by Gasteiger charge is -2.39. The highest BCUT2D eigenvalue weighted by molar-refractivity contribution is 6.06. The second kappa shape index (κ2) is 8.78. The SMILES string of the molecule is COc1cc2c(cc1O)N(C(=O)OC(C)(C)C)[C@@H](OC1CCCCO1)[C@@H]1CCCN1C2=O. The number of carbonyl (C=O) groups excluding carboxylic acids is 2. The van der Waals surface area contributed by atoms with Gasteiger partial charge in [0.05, 0.1) is 24.4 Å². The van der Waals surface area contributed by atoms with Crippen LogP contribution < -0.4 is 9.64 Å². The van der Waals surface area contributed by atoms with Gasteiger partial charge < -0.3 is 29.0 Å². The van der Waals surface area contributed by atoms with Crippen LogP contribution in [0.1, 0.15) is 63.2 Å². The van der Waals surface area contributed by atoms with E-state index in [4.69, 9.17) is 18.9 Å². The van der Waals surface area contributed by atoms with Gasteiger partial charge in [-0.1, -0.05) is 0 Å². The molecule has 176 valence electrons. The molecule has 3 aliphatic rings. The highest BCUT2D eigenvalue weighted by atomic mass is 16.7. The lowest BCUT2D eigenvalue weighted by atomic mass is 10.1. The summed E-state index contributed by atoms with van der Waals surface area (Å²) in [4.78, 5) is 30.1. The Kier molecular flexibility index (Phi) is 6.22. The van der Waals surface area contributed by atoms with Crippen molar-refractivity contribution in [2.45, 2.75) is 77.0 Å². The summed E-state index contributed by atoms with van der Waals surface area (Å²) in [6.07, 6.45) is 2.17. The quantitative estimate of drug-likeness (QED) is 0.754. The fourth-order valence-corrected chi connectivity index (χ4v) is 4.54. The Bertz CT molecular complexity index is 876. The van der Waals surface area contributed by atoms with Crippen LogP contribution in [0.25, 0.3) is 0 Å². The number of anilines is 1. The number of carbonyl (C=O) groups is 2. The van der Waals surface area contributed by atoms with E-state index in [0.29, 0.717) is 26.0 Å². The summed E-state index contributed by atoms with van der Waals surface area (Å²) in [7, 11) is 1.42. The third kappa shape index (κ3) is 4.36. The normalized spacial score (nSPS) is 25.8. The van der Waals surface area contributed by atoms with Gasteiger partial charge in [0.1, 0.15) is 5.60 Å². The number of hydrogen-bond donors (Lipinski definition) is 1. The first-order chi connectivity index (χ1) is 15.2. The van der Waals surface area contributed by atoms with Crippen LogP contribution in [-0.2, 0) is 14.2 Å². The number of benzene rings is 1. The lowest BCUT2D eigenvalue weighted by molar-refractivity contribution is -0.195. The molecule has 0 aliphatic carbocycles. The van der Waals surface area contributed by atoms with Crippen molar-refractivity contribution in [3.05, 3.63) is 17.7 Å². The van der Waals surface area contributed by atoms with Crippen molar-refractivity contribution in [3.63, 3.8) is 0 Å². The summed E-state index contributed by atoms with van der Waals surface area (Å²) in [5, 5.41) is 10.5. The molecule has 0 spiro atoms. The lowest BCUT2D eigenvalue weighted by Crippen LogP contribution is -2.54. The zero-order valence-electron chi connectivity index (χ0n) is 19.1. The van der Waals surface area contributed by atoms with Gasteiger partial charge in [-0.3, -0.25) is 4.79 Å². The first kappa shape index (κ1) is 22.7. The van der Waals surface area contributed by atoms with Gasteiger partial charge in [-0.15, -0.1) is 0 Å². The van der Waals surface area contributed by atoms with Gasteiger partial charge in [0, 0.05) is 19.2 Å². The maximum atomic E-state index is 13.5. The van der Waals surface area contributed by atoms with Gasteiger partial charge in [-0.2, -0.15) is 0 Å². The molecule has 1 unspecified atom stereocenters. The third-order valence-electron chi connectivity index (χ3n) is 5.95. The van der Waals surface area contributed by atoms with Gasteiger partial charge >= 0.3 is 6.09 Å². The highest BCUT2D eigenvalue weighted by Gasteiger charge is 2.48. The molecular formula is C23H32N2O7. The monoisotopic (exact) mass is 448 g/mol. The smallest absolute Gasteiger partial charge is 0.417 e. The van der Waals surface area contributed by atoms with Crippen molar-refractivity contribution in [1.29, 1.82) is 0 Å². The van der Waals surface area contributed by atoms with E-state index >= 15 is 0 Å². The molecule has 3 heterocycles. The molecule has 0 bridgehead atoms. The van der Waals surface area contributed by atoms with E-state index in [1.165, 1.54) is 24.1 Å². The molecule has 0 saturated carbocycles. The minimum absolute atomic E-state index is 0.159. The summed E-state index contributed by atoms with van der Waals surface area (Å²) in [6.45, 7) is 6.48. The number of amides is 2. The Morgan fingerprint density at radius 3 is 2.62 bits per heavy atom. The first-order valence-electron chi connectivity index (χ1n) is 11.2. The molecule has 2 saturated heterocycles. The van der Waals surface area contributed by atoms with Crippen molar-refractivity contribution >= 4 is 17.7 Å². The number of ether oxygens (including phenoxy) is 4. The average molecular weight is 449 g/mol. The molecule has 0 radical (unpaired) electrons. The Morgan fingerprint density at radius 2 is 1.97 bits per heavy atom. The van der Waals surface area contributed by atoms with Crippen LogP contribution in [0.3, 0.4) is 0 Å². The molecule has 32 heavy (non-hydrogen) atoms. The maximum Gasteiger partial charge on any atom is 0.417 e. The van der Waals surface area contributed by atoms with Crippen molar-refractivity contribution in [2.24, 2.45) is 0 Å². The number of methoxy groups -OCH3 is 1. The number of aromatic hydroxyl groups is 1. The standard InChI is InChI=1S/C23H32N2O7/c1-23(2,3)32-22(28)25-16-13-17(26)18(29-4)12-14(16)20(27)24-10-7-8-15(24)21(25)31-19-9-5-6-11-30-19/h12-13,15,19,21,26H,5-11H2,1-4H3/t15-,19?,21-/m0/s1. The molecule has 9 heteroatoms. The fraction of sp³-hybridized carbons (Fsp3) is 0.652. The Balaban J connectivity index is 1.84. The van der Waals surface area contributed by atoms with Gasteiger partial charge in [-0.05, 0) is 58.9 Å². The molecule has 1 aromatic carbocycles. The predicted octanol–water partition coefficient (Wildman–Crippen LogP) is 3.63. The summed E-state index contributed by atoms with van der Waals surface area (Å²) >= 11 is 0. The van der Waals surface area contributed by atoms with Crippen LogP contribution in [0.2, 0.25) is 0 Å². The van der Waals surface area contributed by atoms with E-state index in [1.54, 1.807) is 25.7 Å². The van der Waals surface area contributed by atoms with Gasteiger partial charge in [-0.25, -0.2) is 9.69 Å². The van der Waals surface area contributed by atoms with Crippen molar-refractivity contribution < 1.29 is 33.6 Å². The van der Waals surface area contributed by atoms with Crippen LogP contribution in [-0.4, -0.2) is 66.4 Å². The summed E-state index contributed by atoms with van der Waals surface area (Å²) in [5.41, 5.74) is -0.269. The number of phenolic OH excluding ortho intramolecular Hbond substituents is 1. The van der Waals surface area contributed by atoms with Gasteiger partial charge in [0.2, 0.25) is 0 Å². The number of rotatable bonds is 3. The minimum atomic E-state index is -0.812. The molecule has 4 rings (SSSR count). The molecule has 1 N–H and O–H groups in total. The zero-order valence-corrected chi connectivity index (χ0v) is 19.1. The Labute approximate surface area is 188 Å². The number of hydrogen-bond acceptors (Lipinski definition) is 7. The minimum Gasteiger partial charge on any atom is -0.504 e. The average Bonchev–Trinajstić information content (AvgIpc) is 3.19. The van der Waals surface area contributed by atoms with E-state index in [-0.39, 0.29) is 34.7 Å². The predicted molar refractivity (Wildman–Crippen MR) is 116 cm³/mol. The molecule has 0 aromatic heterocycles.